The topological polar surface area (TPSA) is 133 Å². The van der Waals surface area contributed by atoms with E-state index in [4.69, 9.17) is 38.2 Å². The predicted molar refractivity (Wildman–Crippen MR) is 263 cm³/mol. The van der Waals surface area contributed by atoms with Gasteiger partial charge in [0.25, 0.3) is 11.8 Å². The third-order valence-corrected chi connectivity index (χ3v) is 13.8. The summed E-state index contributed by atoms with van der Waals surface area (Å²) in [6.45, 7) is 17.0. The van der Waals surface area contributed by atoms with Gasteiger partial charge < -0.3 is 20.0 Å². The van der Waals surface area contributed by atoms with Gasteiger partial charge in [-0.05, 0) is 110 Å². The summed E-state index contributed by atoms with van der Waals surface area (Å²) < 4.78 is 0. The van der Waals surface area contributed by atoms with E-state index in [-0.39, 0.29) is 23.3 Å². The summed E-state index contributed by atoms with van der Waals surface area (Å²) in [6.07, 6.45) is 11.6. The van der Waals surface area contributed by atoms with Crippen LogP contribution in [0.5, 0.6) is 0 Å². The largest absolute Gasteiger partial charge is 0.393 e. The molecule has 2 saturated heterocycles. The number of pyridine rings is 4. The number of β-amino-alcohol motifs (C(OH)–C–C–N with tert-alkyl or cyclic N) is 1. The van der Waals surface area contributed by atoms with Crippen molar-refractivity contribution in [2.75, 3.05) is 26.2 Å². The van der Waals surface area contributed by atoms with Crippen LogP contribution in [0.2, 0.25) is 10.0 Å². The first-order valence-corrected chi connectivity index (χ1v) is 23.6. The van der Waals surface area contributed by atoms with Gasteiger partial charge in [-0.1, -0.05) is 70.0 Å². The summed E-state index contributed by atoms with van der Waals surface area (Å²) in [5, 5.41) is 21.0. The molecule has 4 aromatic heterocycles. The van der Waals surface area contributed by atoms with Crippen LogP contribution in [0.25, 0.3) is 44.5 Å². The van der Waals surface area contributed by atoms with Gasteiger partial charge in [0, 0.05) is 146 Å². The number of likely N-dealkylation sites (tertiary alicyclic amines) is 2. The first kappa shape index (κ1) is 47.0. The van der Waals surface area contributed by atoms with Gasteiger partial charge in [0.2, 0.25) is 0 Å². The highest BCUT2D eigenvalue weighted by Crippen LogP contribution is 2.40. The molecule has 2 aliphatic heterocycles. The summed E-state index contributed by atoms with van der Waals surface area (Å²) in [7, 11) is 0. The van der Waals surface area contributed by atoms with E-state index in [9.17, 15) is 19.8 Å². The molecule has 8 rings (SSSR count). The van der Waals surface area contributed by atoms with Crippen molar-refractivity contribution < 1.29 is 19.8 Å². The van der Waals surface area contributed by atoms with Gasteiger partial charge in [-0.2, -0.15) is 0 Å². The van der Waals surface area contributed by atoms with Crippen LogP contribution in [0.15, 0.2) is 91.6 Å². The quantitative estimate of drug-likeness (QED) is 0.146. The van der Waals surface area contributed by atoms with Gasteiger partial charge in [0.15, 0.2) is 0 Å². The zero-order valence-corrected chi connectivity index (χ0v) is 40.3. The van der Waals surface area contributed by atoms with Crippen LogP contribution in [0.3, 0.4) is 0 Å². The zero-order chi connectivity index (χ0) is 47.1. The lowest BCUT2D eigenvalue weighted by atomic mass is 9.81. The van der Waals surface area contributed by atoms with E-state index in [1.165, 1.54) is 0 Å². The molecule has 10 nitrogen and oxygen atoms in total. The number of aliphatic hydroxyl groups excluding tert-OH is 2. The number of halogens is 2. The molecule has 2 aromatic carbocycles. The molecule has 66 heavy (non-hydrogen) atoms. The zero-order valence-electron chi connectivity index (χ0n) is 38.8. The Bertz CT molecular complexity index is 2810. The Morgan fingerprint density at radius 2 is 1.18 bits per heavy atom. The molecule has 6 heterocycles. The number of amides is 2. The summed E-state index contributed by atoms with van der Waals surface area (Å²) >= 11 is 13.8. The normalized spacial score (nSPS) is 16.1. The second-order valence-electron chi connectivity index (χ2n) is 19.7. The number of rotatable bonds is 9. The number of nitrogens with zero attached hydrogens (tertiary/aromatic N) is 6. The first-order valence-electron chi connectivity index (χ1n) is 22.8. The van der Waals surface area contributed by atoms with Crippen molar-refractivity contribution >= 4 is 35.0 Å². The Balaban J connectivity index is 1.06. The first-order chi connectivity index (χ1) is 31.4. The van der Waals surface area contributed by atoms with Crippen LogP contribution in [0, 0.1) is 13.8 Å². The number of aromatic nitrogens is 4. The van der Waals surface area contributed by atoms with Gasteiger partial charge in [0.05, 0.1) is 12.2 Å². The van der Waals surface area contributed by atoms with Gasteiger partial charge in [0.1, 0.15) is 0 Å². The summed E-state index contributed by atoms with van der Waals surface area (Å²) in [5.41, 5.74) is 12.4. The molecule has 1 unspecified atom stereocenters. The molecule has 2 aliphatic rings. The van der Waals surface area contributed by atoms with Crippen molar-refractivity contribution in [3.8, 4) is 44.5 Å². The van der Waals surface area contributed by atoms with E-state index in [2.05, 4.69) is 71.6 Å². The Hall–Kier alpha value is -5.52. The van der Waals surface area contributed by atoms with Gasteiger partial charge >= 0.3 is 0 Å². The molecular weight excluding hydrogens is 868 g/mol. The molecular formula is C54H58Cl2N6O4. The Kier molecular flexibility index (Phi) is 13.5. The van der Waals surface area contributed by atoms with E-state index in [0.29, 0.717) is 73.0 Å². The molecule has 0 saturated carbocycles. The van der Waals surface area contributed by atoms with Crippen LogP contribution in [0.4, 0.5) is 0 Å². The Morgan fingerprint density at radius 3 is 1.74 bits per heavy atom. The maximum atomic E-state index is 13.3. The van der Waals surface area contributed by atoms with Crippen LogP contribution in [-0.4, -0.2) is 90.2 Å². The van der Waals surface area contributed by atoms with Crippen LogP contribution >= 0.6 is 23.2 Å². The molecule has 0 spiro atoms. The maximum Gasteiger partial charge on any atom is 0.253 e. The SMILES string of the molecule is Cc1c(-c2ccnc(C(C)(C)Cc3cc(-c4cncc(-c5ccc(C(=O)N6CCCC(O)C6)cc5Cl)c4C)cc(C(C)(C)C)n3)c2)cncc1-c1ccc(C(=O)N2CCC(O)CC2)cc1Cl. The maximum absolute atomic E-state index is 13.3. The molecule has 12 heteroatoms. The number of benzene rings is 2. The van der Waals surface area contributed by atoms with E-state index < -0.39 is 11.5 Å². The Morgan fingerprint density at radius 1 is 0.636 bits per heavy atom. The van der Waals surface area contributed by atoms with Crippen molar-refractivity contribution in [3.05, 3.63) is 141 Å². The van der Waals surface area contributed by atoms with Crippen molar-refractivity contribution in [3.63, 3.8) is 0 Å². The van der Waals surface area contributed by atoms with Crippen molar-refractivity contribution in [1.82, 2.24) is 29.7 Å². The Labute approximate surface area is 398 Å². The fraction of sp³-hybridized carbons (Fsp3) is 0.370. The van der Waals surface area contributed by atoms with Crippen LogP contribution in [0.1, 0.15) is 109 Å². The van der Waals surface area contributed by atoms with Crippen LogP contribution < -0.4 is 0 Å². The fourth-order valence-corrected chi connectivity index (χ4v) is 9.78. The number of hydrogen-bond acceptors (Lipinski definition) is 8. The fourth-order valence-electron chi connectivity index (χ4n) is 9.21. The third-order valence-electron chi connectivity index (χ3n) is 13.2. The summed E-state index contributed by atoms with van der Waals surface area (Å²) in [6, 6.07) is 19.3. The lowest BCUT2D eigenvalue weighted by Gasteiger charge is -2.30. The minimum absolute atomic E-state index is 0.0846. The lowest BCUT2D eigenvalue weighted by molar-refractivity contribution is 0.0473. The molecule has 2 amide bonds. The van der Waals surface area contributed by atoms with Crippen molar-refractivity contribution in [2.45, 2.75) is 104 Å². The van der Waals surface area contributed by atoms with Gasteiger partial charge in [-0.25, -0.2) is 0 Å². The van der Waals surface area contributed by atoms with E-state index >= 15 is 0 Å². The molecule has 1 atom stereocenters. The number of hydrogen-bond donors (Lipinski definition) is 2. The number of piperidine rings is 2. The number of carbonyl (C=O) groups excluding carboxylic acids is 2. The summed E-state index contributed by atoms with van der Waals surface area (Å²) in [4.78, 5) is 49.6. The standard InChI is InChI=1S/C54H58Cl2N6O4/c1-32-43(27-57-29-45(32)41-12-10-35(22-47(41)55)51(65)61-19-15-39(63)16-20-61)34-14-17-59-50(24-34)54(6,7)26-38-21-37(25-49(60-38)53(3,4)5)44-28-58-30-46(33(44)2)42-13-11-36(23-48(42)56)52(66)62-18-8-9-40(64)31-62/h10-14,17,21-25,27-30,39-40,63-64H,8-9,15-16,18-20,26,31H2,1-7H3. The predicted octanol–water partition coefficient (Wildman–Crippen LogP) is 10.9. The summed E-state index contributed by atoms with van der Waals surface area (Å²) in [5.74, 6) is -0.218. The van der Waals surface area contributed by atoms with Crippen LogP contribution in [-0.2, 0) is 17.3 Å². The molecule has 0 aliphatic carbocycles. The number of aliphatic hydroxyl groups is 2. The molecule has 342 valence electrons. The monoisotopic (exact) mass is 924 g/mol. The second-order valence-corrected chi connectivity index (χ2v) is 20.5. The van der Waals surface area contributed by atoms with Gasteiger partial charge in [-0.3, -0.25) is 29.5 Å². The second kappa shape index (κ2) is 19.0. The van der Waals surface area contributed by atoms with E-state index in [1.54, 1.807) is 21.9 Å². The van der Waals surface area contributed by atoms with Crippen molar-refractivity contribution in [1.29, 1.82) is 0 Å². The molecule has 6 aromatic rings. The minimum Gasteiger partial charge on any atom is -0.393 e. The molecule has 0 bridgehead atoms. The lowest BCUT2D eigenvalue weighted by Crippen LogP contribution is -2.42. The van der Waals surface area contributed by atoms with E-state index in [0.717, 1.165) is 79.1 Å². The highest BCUT2D eigenvalue weighted by molar-refractivity contribution is 6.34. The highest BCUT2D eigenvalue weighted by Gasteiger charge is 2.29. The molecule has 2 fully saturated rings. The highest BCUT2D eigenvalue weighted by atomic mass is 35.5. The smallest absolute Gasteiger partial charge is 0.253 e. The van der Waals surface area contributed by atoms with Gasteiger partial charge in [-0.15, -0.1) is 0 Å². The average Bonchev–Trinajstić information content (AvgIpc) is 3.28. The third kappa shape index (κ3) is 9.93. The van der Waals surface area contributed by atoms with E-state index in [1.807, 2.05) is 61.3 Å². The number of carbonyl (C=O) groups is 2. The molecule has 2 N–H and O–H groups in total. The molecule has 0 radical (unpaired) electrons. The average molecular weight is 926 g/mol. The van der Waals surface area contributed by atoms with Crippen molar-refractivity contribution in [2.24, 2.45) is 0 Å². The minimum atomic E-state index is -0.507.